The van der Waals surface area contributed by atoms with Gasteiger partial charge in [0.1, 0.15) is 0 Å². The van der Waals surface area contributed by atoms with Gasteiger partial charge in [-0.15, -0.1) is 0 Å². The third-order valence-corrected chi connectivity index (χ3v) is 1.34. The molecule has 1 aliphatic rings. The van der Waals surface area contributed by atoms with E-state index in [4.69, 9.17) is 0 Å². The fourth-order valence-electron chi connectivity index (χ4n) is 0.415. The van der Waals surface area contributed by atoms with Crippen LogP contribution < -0.4 is 0 Å². The largest absolute Gasteiger partial charge is 0.492 e. The molecular weight excluding hydrogens is 931 g/mol. The van der Waals surface area contributed by atoms with Gasteiger partial charge in [-0.05, 0) is 13.8 Å². The summed E-state index contributed by atoms with van der Waals surface area (Å²) >= 11 is 0. The average Bonchev–Trinajstić information content (AvgIpc) is 1.81. The Morgan fingerprint density at radius 1 is 0.917 bits per heavy atom. The number of hydrogen-bond acceptors (Lipinski definition) is 2. The standard InChI is InChI=1S/C5H7F2O2.3Rf/c1-4(6)5(2,7)9-3-8-4;;;/h3H,1-2H3;;;/q-1;;;. The van der Waals surface area contributed by atoms with Gasteiger partial charge >= 0.3 is 0 Å². The van der Waals surface area contributed by atoms with E-state index in [0.29, 0.717) is 6.79 Å². The van der Waals surface area contributed by atoms with Crippen LogP contribution in [-0.4, -0.2) is 11.7 Å². The molecule has 0 aromatic carbocycles. The van der Waals surface area contributed by atoms with E-state index in [1.807, 2.05) is 0 Å². The van der Waals surface area contributed by atoms with Crippen LogP contribution in [-0.2, 0) is 9.47 Å². The van der Waals surface area contributed by atoms with Crippen molar-refractivity contribution in [3.8, 4) is 0 Å². The zero-order chi connectivity index (χ0) is 7.12. The van der Waals surface area contributed by atoms with Crippen molar-refractivity contribution in [2.75, 3.05) is 0 Å². The topological polar surface area (TPSA) is 18.5 Å². The Kier molecular flexibility index (Phi) is 3.42. The second kappa shape index (κ2) is 2.58. The first-order chi connectivity index (χ1) is 3.96. The van der Waals surface area contributed by atoms with E-state index >= 15 is 0 Å². The molecule has 0 bridgehead atoms. The number of alkyl halides is 2. The average molecular weight is 938 g/mol. The van der Waals surface area contributed by atoms with E-state index in [-0.39, 0.29) is 0 Å². The zero-order valence-corrected chi connectivity index (χ0v) is 26.5. The first kappa shape index (κ1) is 15.9. The Morgan fingerprint density at radius 2 is 1.17 bits per heavy atom. The van der Waals surface area contributed by atoms with Crippen molar-refractivity contribution in [3.63, 3.8) is 0 Å². The molecule has 2 unspecified atom stereocenters. The van der Waals surface area contributed by atoms with Crippen molar-refractivity contribution in [1.29, 1.82) is 0 Å². The predicted octanol–water partition coefficient (Wildman–Crippen LogP) is 1.52. The molecule has 1 saturated heterocycles. The summed E-state index contributed by atoms with van der Waals surface area (Å²) < 4.78 is 33.6. The third kappa shape index (κ3) is 1.19. The second-order valence-electron chi connectivity index (χ2n) is 2.17. The molecule has 0 saturated carbocycles. The summed E-state index contributed by atoms with van der Waals surface area (Å²) in [5, 5.41) is 0. The Hall–Kier alpha value is -3.22. The number of hydrogen-bond donors (Lipinski definition) is 0. The smallest absolute Gasteiger partial charge is 0.236 e. The van der Waals surface area contributed by atoms with Gasteiger partial charge in [-0.1, -0.05) is 6.79 Å². The van der Waals surface area contributed by atoms with Crippen LogP contribution in [0.1, 0.15) is 13.8 Å². The molecule has 1 fully saturated rings. The van der Waals surface area contributed by atoms with E-state index in [2.05, 4.69) is 9.47 Å². The van der Waals surface area contributed by atoms with E-state index in [9.17, 15) is 8.78 Å². The molecule has 1 rings (SSSR count). The van der Waals surface area contributed by atoms with Crippen molar-refractivity contribution in [3.05, 3.63) is 6.79 Å². The van der Waals surface area contributed by atoms with Crippen LogP contribution in [0.2, 0.25) is 0 Å². The molecule has 7 heteroatoms. The fraction of sp³-hybridized carbons (Fsp3) is 0.800. The maximum Gasteiger partial charge on any atom is 0.236 e. The second-order valence-corrected chi connectivity index (χ2v) is 2.17. The van der Waals surface area contributed by atoms with Gasteiger partial charge in [0.25, 0.3) is 0 Å². The zero-order valence-electron chi connectivity index (χ0n) is 7.27. The molecule has 0 amide bonds. The van der Waals surface area contributed by atoms with Gasteiger partial charge in [0.05, 0.1) is 0 Å². The molecule has 1 heterocycles. The molecule has 1 aliphatic heterocycles. The van der Waals surface area contributed by atoms with Crippen molar-refractivity contribution in [2.24, 2.45) is 0 Å². The van der Waals surface area contributed by atoms with Crippen LogP contribution in [0.5, 0.6) is 0 Å². The Morgan fingerprint density at radius 3 is 1.25 bits per heavy atom. The summed E-state index contributed by atoms with van der Waals surface area (Å²) in [6, 6.07) is 0. The summed E-state index contributed by atoms with van der Waals surface area (Å²) in [4.78, 5) is 0. The summed E-state index contributed by atoms with van der Waals surface area (Å²) in [6.07, 6.45) is 0. The maximum absolute atomic E-state index is 12.6. The van der Waals surface area contributed by atoms with Crippen molar-refractivity contribution in [2.45, 2.75) is 25.6 Å². The molecule has 0 radical (unpaired) electrons. The van der Waals surface area contributed by atoms with Gasteiger partial charge in [0.2, 0.25) is 11.7 Å². The van der Waals surface area contributed by atoms with Gasteiger partial charge in [-0.2, -0.15) is 0 Å². The molecule has 0 aromatic rings. The molecule has 0 aliphatic carbocycles. The third-order valence-electron chi connectivity index (χ3n) is 1.34. The fourth-order valence-corrected chi connectivity index (χ4v) is 0.415. The molecule has 2 nitrogen and oxygen atoms in total. The van der Waals surface area contributed by atoms with Gasteiger partial charge in [-0.3, -0.25) is 0 Å². The van der Waals surface area contributed by atoms with Crippen LogP contribution in [0.25, 0.3) is 0 Å². The molecule has 0 N–H and O–H groups in total. The van der Waals surface area contributed by atoms with Gasteiger partial charge in [-0.25, -0.2) is 8.78 Å². The molecule has 60 valence electrons. The van der Waals surface area contributed by atoms with Crippen LogP contribution in [0.3, 0.4) is 0 Å². The SMILES string of the molecule is CC1(F)O[CH-]OC1(C)F.[Rf].[Rf].[Rf]. The quantitative estimate of drug-likeness (QED) is 0.344. The van der Waals surface area contributed by atoms with Crippen LogP contribution in [0.4, 0.5) is 8.78 Å². The first-order valence-corrected chi connectivity index (χ1v) is 2.51. The summed E-state index contributed by atoms with van der Waals surface area (Å²) in [7, 11) is 0. The van der Waals surface area contributed by atoms with E-state index in [1.54, 1.807) is 0 Å². The Labute approximate surface area is 51.8 Å². The van der Waals surface area contributed by atoms with Gasteiger partial charge < -0.3 is 9.47 Å². The van der Waals surface area contributed by atoms with E-state index < -0.39 is 11.7 Å². The maximum atomic E-state index is 12.6. The number of halogens is 2. The number of ether oxygens (including phenoxy) is 2. The molecule has 0 aromatic heterocycles. The van der Waals surface area contributed by atoms with Gasteiger partial charge in [0, 0.05) is 0 Å². The molecule has 12 heavy (non-hydrogen) atoms. The summed E-state index contributed by atoms with van der Waals surface area (Å²) in [6.45, 7) is 2.60. The molecular formula is C5H7F2O2Rf3-. The first-order valence-electron chi connectivity index (χ1n) is 2.51. The predicted molar refractivity (Wildman–Crippen MR) is 25.5 cm³/mol. The summed E-state index contributed by atoms with van der Waals surface area (Å²) in [5.41, 5.74) is 0. The molecule has 0 spiro atoms. The number of rotatable bonds is 0. The minimum absolute atomic E-state index is 0. The van der Waals surface area contributed by atoms with Crippen LogP contribution in [0.15, 0.2) is 0 Å². The minimum Gasteiger partial charge on any atom is -0.492 e. The molecule has 2 atom stereocenters. The van der Waals surface area contributed by atoms with Crippen LogP contribution >= 0.6 is 0 Å². The van der Waals surface area contributed by atoms with Crippen molar-refractivity contribution < 1.29 is 18.3 Å². The van der Waals surface area contributed by atoms with Crippen LogP contribution in [0, 0.1) is 6.79 Å². The van der Waals surface area contributed by atoms with Crippen molar-refractivity contribution >= 4 is 0 Å². The van der Waals surface area contributed by atoms with Gasteiger partial charge in [0.15, 0.2) is 0 Å². The van der Waals surface area contributed by atoms with Crippen molar-refractivity contribution in [1.82, 2.24) is 0 Å². The Balaban J connectivity index is -0.000000270. The Bertz CT molecular complexity index is 118. The van der Waals surface area contributed by atoms with E-state index in [0.717, 1.165) is 13.8 Å². The summed E-state index contributed by atoms with van der Waals surface area (Å²) in [5.74, 6) is -4.71. The monoisotopic (exact) mass is 938 g/mol. The minimum atomic E-state index is -2.35. The normalized spacial score (nSPS) is 39.0. The van der Waals surface area contributed by atoms with E-state index in [1.165, 1.54) is 0 Å².